The Bertz CT molecular complexity index is 507. The van der Waals surface area contributed by atoms with Gasteiger partial charge in [-0.05, 0) is 12.5 Å². The van der Waals surface area contributed by atoms with E-state index >= 15 is 0 Å². The lowest BCUT2D eigenvalue weighted by molar-refractivity contribution is -0.119. The Labute approximate surface area is 123 Å². The fourth-order valence-electron chi connectivity index (χ4n) is 2.53. The highest BCUT2D eigenvalue weighted by Gasteiger charge is 2.24. The minimum Gasteiger partial charge on any atom is -0.504 e. The van der Waals surface area contributed by atoms with Crippen LogP contribution in [0.2, 0.25) is 5.02 Å². The summed E-state index contributed by atoms with van der Waals surface area (Å²) in [4.78, 5) is 13.2. The van der Waals surface area contributed by atoms with Crippen molar-refractivity contribution in [3.63, 3.8) is 0 Å². The summed E-state index contributed by atoms with van der Waals surface area (Å²) >= 11 is 6.02. The van der Waals surface area contributed by atoms with E-state index in [-0.39, 0.29) is 17.7 Å². The first-order valence-corrected chi connectivity index (χ1v) is 6.92. The molecule has 2 rings (SSSR count). The third kappa shape index (κ3) is 3.55. The topological polar surface area (TPSA) is 61.8 Å². The SMILES string of the molecule is COc1cc(Cl)cc(CN2CCC(NC(C)=O)C2)c1O. The van der Waals surface area contributed by atoms with E-state index in [1.807, 2.05) is 0 Å². The van der Waals surface area contributed by atoms with E-state index in [1.165, 1.54) is 14.0 Å². The van der Waals surface area contributed by atoms with Gasteiger partial charge in [0.2, 0.25) is 5.91 Å². The van der Waals surface area contributed by atoms with Crippen LogP contribution in [0.5, 0.6) is 11.5 Å². The third-order valence-electron chi connectivity index (χ3n) is 3.41. The molecular formula is C14H19ClN2O3. The number of rotatable bonds is 4. The molecule has 1 unspecified atom stereocenters. The average Bonchev–Trinajstić information content (AvgIpc) is 2.79. The summed E-state index contributed by atoms with van der Waals surface area (Å²) in [7, 11) is 1.50. The Morgan fingerprint density at radius 2 is 2.35 bits per heavy atom. The molecule has 0 spiro atoms. The van der Waals surface area contributed by atoms with Crippen molar-refractivity contribution in [3.05, 3.63) is 22.7 Å². The van der Waals surface area contributed by atoms with Gasteiger partial charge in [-0.2, -0.15) is 0 Å². The van der Waals surface area contributed by atoms with Crippen molar-refractivity contribution in [2.45, 2.75) is 25.9 Å². The number of phenols is 1. The molecule has 1 amide bonds. The lowest BCUT2D eigenvalue weighted by atomic mass is 10.1. The molecule has 110 valence electrons. The second kappa shape index (κ2) is 6.33. The minimum absolute atomic E-state index is 0.0101. The van der Waals surface area contributed by atoms with Gasteiger partial charge < -0.3 is 15.2 Å². The van der Waals surface area contributed by atoms with Crippen molar-refractivity contribution in [1.82, 2.24) is 10.2 Å². The van der Waals surface area contributed by atoms with Crippen LogP contribution in [-0.4, -0.2) is 42.2 Å². The van der Waals surface area contributed by atoms with Crippen molar-refractivity contribution in [3.8, 4) is 11.5 Å². The average molecular weight is 299 g/mol. The van der Waals surface area contributed by atoms with Crippen LogP contribution >= 0.6 is 11.6 Å². The highest BCUT2D eigenvalue weighted by atomic mass is 35.5. The summed E-state index contributed by atoms with van der Waals surface area (Å²) in [5.41, 5.74) is 0.734. The number of halogens is 1. The lowest BCUT2D eigenvalue weighted by Crippen LogP contribution is -2.35. The second-order valence-electron chi connectivity index (χ2n) is 5.04. The zero-order valence-corrected chi connectivity index (χ0v) is 12.4. The van der Waals surface area contributed by atoms with Crippen LogP contribution in [0.3, 0.4) is 0 Å². The predicted molar refractivity (Wildman–Crippen MR) is 77.2 cm³/mol. The largest absolute Gasteiger partial charge is 0.504 e. The number of amides is 1. The molecule has 2 N–H and O–H groups in total. The highest BCUT2D eigenvalue weighted by molar-refractivity contribution is 6.30. The minimum atomic E-state index is -0.0101. The van der Waals surface area contributed by atoms with E-state index in [4.69, 9.17) is 16.3 Å². The van der Waals surface area contributed by atoms with Gasteiger partial charge in [-0.15, -0.1) is 0 Å². The molecule has 1 aromatic rings. The van der Waals surface area contributed by atoms with Gasteiger partial charge >= 0.3 is 0 Å². The number of benzene rings is 1. The fourth-order valence-corrected chi connectivity index (χ4v) is 2.76. The molecule has 5 nitrogen and oxygen atoms in total. The van der Waals surface area contributed by atoms with Crippen molar-refractivity contribution >= 4 is 17.5 Å². The first-order chi connectivity index (χ1) is 9.49. The van der Waals surface area contributed by atoms with Crippen LogP contribution in [0.15, 0.2) is 12.1 Å². The normalized spacial score (nSPS) is 19.1. The number of hydrogen-bond donors (Lipinski definition) is 2. The standard InChI is InChI=1S/C14H19ClN2O3/c1-9(18)16-12-3-4-17(8-12)7-10-5-11(15)6-13(20-2)14(10)19/h5-6,12,19H,3-4,7-8H2,1-2H3,(H,16,18). The number of nitrogens with one attached hydrogen (secondary N) is 1. The monoisotopic (exact) mass is 298 g/mol. The van der Waals surface area contributed by atoms with Crippen LogP contribution in [0.25, 0.3) is 0 Å². The summed E-state index contributed by atoms with van der Waals surface area (Å²) in [5, 5.41) is 13.6. The summed E-state index contributed by atoms with van der Waals surface area (Å²) in [5.74, 6) is 0.495. The molecule has 0 aromatic heterocycles. The number of carbonyl (C=O) groups excluding carboxylic acids is 1. The van der Waals surface area contributed by atoms with E-state index in [1.54, 1.807) is 12.1 Å². The van der Waals surface area contributed by atoms with Crippen LogP contribution in [0.1, 0.15) is 18.9 Å². The number of phenolic OH excluding ortho intramolecular Hbond substituents is 1. The molecule has 1 aliphatic heterocycles. The Morgan fingerprint density at radius 3 is 3.00 bits per heavy atom. The molecule has 1 atom stereocenters. The number of likely N-dealkylation sites (tertiary alicyclic amines) is 1. The van der Waals surface area contributed by atoms with Crippen LogP contribution in [-0.2, 0) is 11.3 Å². The Hall–Kier alpha value is -1.46. The quantitative estimate of drug-likeness (QED) is 0.889. The van der Waals surface area contributed by atoms with Gasteiger partial charge in [0.05, 0.1) is 7.11 Å². The van der Waals surface area contributed by atoms with E-state index < -0.39 is 0 Å². The first-order valence-electron chi connectivity index (χ1n) is 6.54. The summed E-state index contributed by atoms with van der Waals surface area (Å²) in [6.45, 7) is 3.75. The summed E-state index contributed by atoms with van der Waals surface area (Å²) in [6.07, 6.45) is 0.915. The second-order valence-corrected chi connectivity index (χ2v) is 5.47. The molecule has 1 heterocycles. The van der Waals surface area contributed by atoms with Crippen LogP contribution < -0.4 is 10.1 Å². The molecule has 1 aromatic carbocycles. The number of methoxy groups -OCH3 is 1. The van der Waals surface area contributed by atoms with Gasteiger partial charge in [-0.1, -0.05) is 11.6 Å². The molecule has 20 heavy (non-hydrogen) atoms. The van der Waals surface area contributed by atoms with E-state index in [2.05, 4.69) is 10.2 Å². The summed E-state index contributed by atoms with van der Waals surface area (Å²) < 4.78 is 5.09. The number of carbonyl (C=O) groups is 1. The van der Waals surface area contributed by atoms with E-state index in [0.29, 0.717) is 17.3 Å². The maximum atomic E-state index is 11.0. The van der Waals surface area contributed by atoms with Crippen molar-refractivity contribution < 1.29 is 14.6 Å². The number of aromatic hydroxyl groups is 1. The van der Waals surface area contributed by atoms with Gasteiger partial charge in [0.1, 0.15) is 0 Å². The van der Waals surface area contributed by atoms with Gasteiger partial charge in [0, 0.05) is 49.3 Å². The highest BCUT2D eigenvalue weighted by Crippen LogP contribution is 2.34. The predicted octanol–water partition coefficient (Wildman–Crippen LogP) is 1.76. The van der Waals surface area contributed by atoms with Gasteiger partial charge in [0.15, 0.2) is 11.5 Å². The Kier molecular flexibility index (Phi) is 4.73. The zero-order valence-electron chi connectivity index (χ0n) is 11.6. The van der Waals surface area contributed by atoms with Crippen molar-refractivity contribution in [1.29, 1.82) is 0 Å². The maximum absolute atomic E-state index is 11.0. The zero-order chi connectivity index (χ0) is 14.7. The van der Waals surface area contributed by atoms with E-state index in [0.717, 1.165) is 25.1 Å². The van der Waals surface area contributed by atoms with Gasteiger partial charge in [-0.25, -0.2) is 0 Å². The lowest BCUT2D eigenvalue weighted by Gasteiger charge is -2.18. The molecule has 1 saturated heterocycles. The smallest absolute Gasteiger partial charge is 0.217 e. The fraction of sp³-hybridized carbons (Fsp3) is 0.500. The number of hydrogen-bond acceptors (Lipinski definition) is 4. The maximum Gasteiger partial charge on any atom is 0.217 e. The Balaban J connectivity index is 2.04. The third-order valence-corrected chi connectivity index (χ3v) is 3.63. The molecule has 6 heteroatoms. The van der Waals surface area contributed by atoms with Crippen LogP contribution in [0.4, 0.5) is 0 Å². The molecule has 0 saturated carbocycles. The molecule has 1 aliphatic rings. The molecule has 1 fully saturated rings. The van der Waals surface area contributed by atoms with Crippen molar-refractivity contribution in [2.75, 3.05) is 20.2 Å². The molecule has 0 aliphatic carbocycles. The number of nitrogens with zero attached hydrogens (tertiary/aromatic N) is 1. The summed E-state index contributed by atoms with van der Waals surface area (Å²) in [6, 6.07) is 3.51. The van der Waals surface area contributed by atoms with Gasteiger partial charge in [-0.3, -0.25) is 9.69 Å². The number of ether oxygens (including phenoxy) is 1. The van der Waals surface area contributed by atoms with E-state index in [9.17, 15) is 9.90 Å². The first kappa shape index (κ1) is 14.9. The Morgan fingerprint density at radius 1 is 1.60 bits per heavy atom. The molecule has 0 bridgehead atoms. The van der Waals surface area contributed by atoms with Gasteiger partial charge in [0.25, 0.3) is 0 Å². The molecule has 0 radical (unpaired) electrons. The van der Waals surface area contributed by atoms with Crippen molar-refractivity contribution in [2.24, 2.45) is 0 Å². The van der Waals surface area contributed by atoms with Crippen LogP contribution in [0, 0.1) is 0 Å². The molecular weight excluding hydrogens is 280 g/mol.